The Bertz CT molecular complexity index is 447. The van der Waals surface area contributed by atoms with Crippen molar-refractivity contribution in [1.29, 1.82) is 0 Å². The van der Waals surface area contributed by atoms with Crippen LogP contribution in [0.5, 0.6) is 0 Å². The summed E-state index contributed by atoms with van der Waals surface area (Å²) in [4.78, 5) is 0.443. The number of hydrogen-bond donors (Lipinski definition) is 2. The fourth-order valence-corrected chi connectivity index (χ4v) is 3.17. The number of anilines is 1. The lowest BCUT2D eigenvalue weighted by molar-refractivity contribution is 0.439. The molecule has 2 rings (SSSR count). The summed E-state index contributed by atoms with van der Waals surface area (Å²) in [5.41, 5.74) is 7.73. The van der Waals surface area contributed by atoms with Crippen LogP contribution in [-0.4, -0.2) is 11.5 Å². The van der Waals surface area contributed by atoms with Crippen LogP contribution >= 0.6 is 28.1 Å². The first-order valence-electron chi connectivity index (χ1n) is 6.41. The van der Waals surface area contributed by atoms with Crippen LogP contribution in [0.1, 0.15) is 31.7 Å². The van der Waals surface area contributed by atoms with Gasteiger partial charge in [-0.1, -0.05) is 47.9 Å². The van der Waals surface area contributed by atoms with E-state index in [2.05, 4.69) is 28.2 Å². The van der Waals surface area contributed by atoms with E-state index < -0.39 is 0 Å². The molecule has 4 heteroatoms. The second-order valence-corrected chi connectivity index (χ2v) is 6.46. The highest BCUT2D eigenvalue weighted by atomic mass is 79.9. The Morgan fingerprint density at radius 1 is 1.50 bits per heavy atom. The van der Waals surface area contributed by atoms with Crippen molar-refractivity contribution >= 4 is 38.8 Å². The Morgan fingerprint density at radius 3 is 2.89 bits per heavy atom. The Labute approximate surface area is 122 Å². The standard InChI is InChI=1S/C14H19BrN2S/c1-9-3-2-4-10(9)8-17-13-6-5-11(15)7-12(13)14(16)18/h5-7,9-10,17H,2-4,8H2,1H3,(H2,16,18). The van der Waals surface area contributed by atoms with Crippen LogP contribution in [0.15, 0.2) is 22.7 Å². The summed E-state index contributed by atoms with van der Waals surface area (Å²) >= 11 is 8.55. The fraction of sp³-hybridized carbons (Fsp3) is 0.500. The van der Waals surface area contributed by atoms with Crippen LogP contribution in [0.3, 0.4) is 0 Å². The quantitative estimate of drug-likeness (QED) is 0.823. The number of halogens is 1. The maximum atomic E-state index is 5.77. The first kappa shape index (κ1) is 13.8. The van der Waals surface area contributed by atoms with E-state index in [1.54, 1.807) is 0 Å². The minimum Gasteiger partial charge on any atom is -0.389 e. The third kappa shape index (κ3) is 3.23. The predicted octanol–water partition coefficient (Wildman–Crippen LogP) is 3.93. The van der Waals surface area contributed by atoms with Gasteiger partial charge in [-0.05, 0) is 36.5 Å². The summed E-state index contributed by atoms with van der Waals surface area (Å²) in [7, 11) is 0. The number of hydrogen-bond acceptors (Lipinski definition) is 2. The predicted molar refractivity (Wildman–Crippen MR) is 85.0 cm³/mol. The second-order valence-electron chi connectivity index (χ2n) is 5.10. The Kier molecular flexibility index (Phi) is 4.62. The number of benzene rings is 1. The lowest BCUT2D eigenvalue weighted by Gasteiger charge is -2.18. The SMILES string of the molecule is CC1CCCC1CNc1ccc(Br)cc1C(N)=S. The molecule has 1 saturated carbocycles. The Morgan fingerprint density at radius 2 is 2.28 bits per heavy atom. The largest absolute Gasteiger partial charge is 0.389 e. The van der Waals surface area contributed by atoms with Crippen molar-refractivity contribution in [1.82, 2.24) is 0 Å². The lowest BCUT2D eigenvalue weighted by Crippen LogP contribution is -2.19. The molecule has 1 aromatic rings. The van der Waals surface area contributed by atoms with Gasteiger partial charge in [-0.25, -0.2) is 0 Å². The zero-order valence-electron chi connectivity index (χ0n) is 10.6. The van der Waals surface area contributed by atoms with E-state index in [-0.39, 0.29) is 0 Å². The third-order valence-corrected chi connectivity index (χ3v) is 4.55. The van der Waals surface area contributed by atoms with Crippen LogP contribution < -0.4 is 11.1 Å². The van der Waals surface area contributed by atoms with Gasteiger partial charge in [0.05, 0.1) is 0 Å². The molecule has 2 unspecified atom stereocenters. The normalized spacial score (nSPS) is 23.0. The minimum atomic E-state index is 0.443. The topological polar surface area (TPSA) is 38.0 Å². The van der Waals surface area contributed by atoms with Gasteiger partial charge in [0.2, 0.25) is 0 Å². The molecule has 2 nitrogen and oxygen atoms in total. The van der Waals surface area contributed by atoms with Crippen molar-refractivity contribution < 1.29 is 0 Å². The smallest absolute Gasteiger partial charge is 0.106 e. The van der Waals surface area contributed by atoms with Crippen molar-refractivity contribution in [3.05, 3.63) is 28.2 Å². The van der Waals surface area contributed by atoms with Gasteiger partial charge in [-0.15, -0.1) is 0 Å². The summed E-state index contributed by atoms with van der Waals surface area (Å²) in [6, 6.07) is 6.03. The molecular weight excluding hydrogens is 308 g/mol. The highest BCUT2D eigenvalue weighted by molar-refractivity contribution is 9.10. The first-order valence-corrected chi connectivity index (χ1v) is 7.61. The molecule has 0 amide bonds. The Balaban J connectivity index is 2.06. The molecule has 0 aromatic heterocycles. The fourth-order valence-electron chi connectivity index (χ4n) is 2.64. The number of rotatable bonds is 4. The average Bonchev–Trinajstić information content (AvgIpc) is 2.73. The summed E-state index contributed by atoms with van der Waals surface area (Å²) in [5.74, 6) is 1.59. The summed E-state index contributed by atoms with van der Waals surface area (Å²) in [6.45, 7) is 3.35. The zero-order chi connectivity index (χ0) is 13.1. The molecule has 18 heavy (non-hydrogen) atoms. The molecule has 0 radical (unpaired) electrons. The van der Waals surface area contributed by atoms with Crippen molar-refractivity contribution in [2.75, 3.05) is 11.9 Å². The van der Waals surface area contributed by atoms with E-state index >= 15 is 0 Å². The van der Waals surface area contributed by atoms with Crippen LogP contribution in [0.4, 0.5) is 5.69 Å². The van der Waals surface area contributed by atoms with Gasteiger partial charge >= 0.3 is 0 Å². The van der Waals surface area contributed by atoms with Crippen molar-refractivity contribution in [3.8, 4) is 0 Å². The highest BCUT2D eigenvalue weighted by Gasteiger charge is 2.23. The van der Waals surface area contributed by atoms with Crippen molar-refractivity contribution in [3.63, 3.8) is 0 Å². The molecule has 0 saturated heterocycles. The van der Waals surface area contributed by atoms with Gasteiger partial charge in [0.15, 0.2) is 0 Å². The van der Waals surface area contributed by atoms with Crippen LogP contribution in [0.2, 0.25) is 0 Å². The maximum absolute atomic E-state index is 5.77. The minimum absolute atomic E-state index is 0.443. The average molecular weight is 327 g/mol. The van der Waals surface area contributed by atoms with Crippen molar-refractivity contribution in [2.45, 2.75) is 26.2 Å². The van der Waals surface area contributed by atoms with Gasteiger partial charge in [-0.3, -0.25) is 0 Å². The highest BCUT2D eigenvalue weighted by Crippen LogP contribution is 2.31. The molecule has 0 aliphatic heterocycles. The Hall–Kier alpha value is -0.610. The maximum Gasteiger partial charge on any atom is 0.106 e. The number of thiocarbonyl (C=S) groups is 1. The van der Waals surface area contributed by atoms with E-state index in [0.29, 0.717) is 4.99 Å². The molecule has 3 N–H and O–H groups in total. The van der Waals surface area contributed by atoms with Crippen molar-refractivity contribution in [2.24, 2.45) is 17.6 Å². The van der Waals surface area contributed by atoms with Crippen LogP contribution in [-0.2, 0) is 0 Å². The van der Waals surface area contributed by atoms with Gasteiger partial charge in [0.25, 0.3) is 0 Å². The van der Waals surface area contributed by atoms with Gasteiger partial charge < -0.3 is 11.1 Å². The monoisotopic (exact) mass is 326 g/mol. The summed E-state index contributed by atoms with van der Waals surface area (Å²) < 4.78 is 1.00. The van der Waals surface area contributed by atoms with E-state index in [4.69, 9.17) is 18.0 Å². The molecule has 1 aliphatic carbocycles. The number of nitrogens with two attached hydrogens (primary N) is 1. The lowest BCUT2D eigenvalue weighted by atomic mass is 9.98. The molecule has 2 atom stereocenters. The molecule has 0 heterocycles. The van der Waals surface area contributed by atoms with E-state index in [1.165, 1.54) is 19.3 Å². The van der Waals surface area contributed by atoms with E-state index in [0.717, 1.165) is 34.1 Å². The van der Waals surface area contributed by atoms with Gasteiger partial charge in [-0.2, -0.15) is 0 Å². The summed E-state index contributed by atoms with van der Waals surface area (Å²) in [6.07, 6.45) is 4.04. The second kappa shape index (κ2) is 6.02. The molecule has 0 spiro atoms. The van der Waals surface area contributed by atoms with Gasteiger partial charge in [0.1, 0.15) is 4.99 Å². The van der Waals surface area contributed by atoms with E-state index in [1.807, 2.05) is 18.2 Å². The molecular formula is C14H19BrN2S. The number of nitrogens with one attached hydrogen (secondary N) is 1. The van der Waals surface area contributed by atoms with Crippen LogP contribution in [0.25, 0.3) is 0 Å². The first-order chi connectivity index (χ1) is 8.58. The molecule has 1 aliphatic rings. The zero-order valence-corrected chi connectivity index (χ0v) is 13.0. The molecule has 1 fully saturated rings. The molecule has 98 valence electrons. The van der Waals surface area contributed by atoms with Crippen LogP contribution in [0, 0.1) is 11.8 Å². The summed E-state index contributed by atoms with van der Waals surface area (Å²) in [5, 5.41) is 3.51. The van der Waals surface area contributed by atoms with E-state index in [9.17, 15) is 0 Å². The molecule has 0 bridgehead atoms. The molecule has 1 aromatic carbocycles. The van der Waals surface area contributed by atoms with Gasteiger partial charge in [0, 0.05) is 22.3 Å². The third-order valence-electron chi connectivity index (χ3n) is 3.84.